The van der Waals surface area contributed by atoms with Crippen LogP contribution >= 0.6 is 0 Å². The topological polar surface area (TPSA) is 62.8 Å². The summed E-state index contributed by atoms with van der Waals surface area (Å²) < 4.78 is 5.69. The lowest BCUT2D eigenvalue weighted by atomic mass is 10.1. The van der Waals surface area contributed by atoms with E-state index < -0.39 is 0 Å². The number of fused-ring (bicyclic) bond motifs is 2. The van der Waals surface area contributed by atoms with Crippen LogP contribution in [0.4, 0.5) is 5.82 Å². The highest BCUT2D eigenvalue weighted by Gasteiger charge is 2.24. The predicted octanol–water partition coefficient (Wildman–Crippen LogP) is 2.81. The second kappa shape index (κ2) is 4.23. The maximum Gasteiger partial charge on any atom is 0.143 e. The molecule has 1 aliphatic heterocycles. The van der Waals surface area contributed by atoms with E-state index in [-0.39, 0.29) is 6.04 Å². The van der Waals surface area contributed by atoms with Crippen LogP contribution in [-0.2, 0) is 0 Å². The van der Waals surface area contributed by atoms with Crippen LogP contribution in [0, 0.1) is 6.92 Å². The van der Waals surface area contributed by atoms with Crippen molar-refractivity contribution < 1.29 is 4.74 Å². The summed E-state index contributed by atoms with van der Waals surface area (Å²) >= 11 is 0. The zero-order valence-electron chi connectivity index (χ0n) is 11.1. The summed E-state index contributed by atoms with van der Waals surface area (Å²) in [5.74, 6) is 1.78. The molecular formula is C15H14N4O. The van der Waals surface area contributed by atoms with Gasteiger partial charge in [0, 0.05) is 11.3 Å². The Balaban J connectivity index is 1.72. The van der Waals surface area contributed by atoms with Crippen molar-refractivity contribution in [3.8, 4) is 5.75 Å². The van der Waals surface area contributed by atoms with E-state index in [1.807, 2.05) is 25.1 Å². The van der Waals surface area contributed by atoms with E-state index in [0.717, 1.165) is 28.3 Å². The molecule has 0 amide bonds. The second-order valence-electron chi connectivity index (χ2n) is 4.98. The number of aromatic amines is 1. The van der Waals surface area contributed by atoms with E-state index in [1.54, 1.807) is 6.33 Å². The molecule has 3 heterocycles. The van der Waals surface area contributed by atoms with Gasteiger partial charge in [0.15, 0.2) is 0 Å². The molecule has 100 valence electrons. The fourth-order valence-electron chi connectivity index (χ4n) is 2.63. The average molecular weight is 266 g/mol. The van der Waals surface area contributed by atoms with Crippen molar-refractivity contribution >= 4 is 16.9 Å². The zero-order valence-corrected chi connectivity index (χ0v) is 11.1. The van der Waals surface area contributed by atoms with Gasteiger partial charge in [-0.2, -0.15) is 0 Å². The predicted molar refractivity (Wildman–Crippen MR) is 76.9 cm³/mol. The Hall–Kier alpha value is -2.56. The van der Waals surface area contributed by atoms with Crippen LogP contribution in [0.15, 0.2) is 36.7 Å². The third kappa shape index (κ3) is 1.71. The van der Waals surface area contributed by atoms with E-state index in [2.05, 4.69) is 32.4 Å². The molecule has 1 aromatic carbocycles. The number of hydrogen-bond donors (Lipinski definition) is 2. The lowest BCUT2D eigenvalue weighted by Crippen LogP contribution is -2.13. The second-order valence-corrected chi connectivity index (χ2v) is 4.98. The largest absolute Gasteiger partial charge is 0.491 e. The van der Waals surface area contributed by atoms with E-state index >= 15 is 0 Å². The Morgan fingerprint density at radius 3 is 3.15 bits per heavy atom. The number of rotatable bonds is 2. The minimum absolute atomic E-state index is 0.125. The number of aromatic nitrogens is 3. The maximum atomic E-state index is 5.69. The van der Waals surface area contributed by atoms with Crippen LogP contribution in [0.1, 0.15) is 17.3 Å². The van der Waals surface area contributed by atoms with Gasteiger partial charge in [0.2, 0.25) is 0 Å². The molecule has 0 aliphatic carbocycles. The van der Waals surface area contributed by atoms with E-state index in [9.17, 15) is 0 Å². The SMILES string of the molecule is Cc1cc2c(N[C@H]3COc4ccccc43)ncnc2[nH]1. The van der Waals surface area contributed by atoms with Crippen molar-refractivity contribution in [2.75, 3.05) is 11.9 Å². The van der Waals surface area contributed by atoms with Crippen molar-refractivity contribution in [2.24, 2.45) is 0 Å². The Kier molecular flexibility index (Phi) is 2.39. The molecule has 0 saturated heterocycles. The first-order valence-electron chi connectivity index (χ1n) is 6.60. The summed E-state index contributed by atoms with van der Waals surface area (Å²) in [6.07, 6.45) is 1.57. The van der Waals surface area contributed by atoms with Gasteiger partial charge in [-0.1, -0.05) is 18.2 Å². The highest BCUT2D eigenvalue weighted by Crippen LogP contribution is 2.34. The molecule has 1 aliphatic rings. The van der Waals surface area contributed by atoms with Crippen molar-refractivity contribution in [1.29, 1.82) is 0 Å². The van der Waals surface area contributed by atoms with Gasteiger partial charge >= 0.3 is 0 Å². The fraction of sp³-hybridized carbons (Fsp3) is 0.200. The number of hydrogen-bond acceptors (Lipinski definition) is 4. The van der Waals surface area contributed by atoms with Gasteiger partial charge in [-0.25, -0.2) is 9.97 Å². The van der Waals surface area contributed by atoms with E-state index in [0.29, 0.717) is 6.61 Å². The number of benzene rings is 1. The molecule has 4 rings (SSSR count). The van der Waals surface area contributed by atoms with Crippen molar-refractivity contribution in [1.82, 2.24) is 15.0 Å². The first kappa shape index (κ1) is 11.3. The first-order chi connectivity index (χ1) is 9.81. The summed E-state index contributed by atoms with van der Waals surface area (Å²) in [5.41, 5.74) is 3.10. The summed E-state index contributed by atoms with van der Waals surface area (Å²) in [6.45, 7) is 2.63. The third-order valence-corrected chi connectivity index (χ3v) is 3.57. The molecule has 2 N–H and O–H groups in total. The molecule has 0 saturated carbocycles. The molecule has 0 fully saturated rings. The number of para-hydroxylation sites is 1. The summed E-state index contributed by atoms with van der Waals surface area (Å²) in [4.78, 5) is 11.8. The number of nitrogens with zero attached hydrogens (tertiary/aromatic N) is 2. The van der Waals surface area contributed by atoms with Gasteiger partial charge in [0.1, 0.15) is 30.1 Å². The zero-order chi connectivity index (χ0) is 13.5. The lowest BCUT2D eigenvalue weighted by Gasteiger charge is -2.12. The van der Waals surface area contributed by atoms with Crippen LogP contribution in [-0.4, -0.2) is 21.6 Å². The molecular weight excluding hydrogens is 252 g/mol. The molecule has 5 heteroatoms. The Bertz CT molecular complexity index is 780. The first-order valence-corrected chi connectivity index (χ1v) is 6.60. The number of aryl methyl sites for hydroxylation is 1. The third-order valence-electron chi connectivity index (χ3n) is 3.57. The summed E-state index contributed by atoms with van der Waals surface area (Å²) in [7, 11) is 0. The summed E-state index contributed by atoms with van der Waals surface area (Å²) in [5, 5.41) is 4.47. The average Bonchev–Trinajstić information content (AvgIpc) is 3.03. The van der Waals surface area contributed by atoms with E-state index in [1.165, 1.54) is 5.56 Å². The van der Waals surface area contributed by atoms with Crippen LogP contribution in [0.2, 0.25) is 0 Å². The van der Waals surface area contributed by atoms with E-state index in [4.69, 9.17) is 4.74 Å². The molecule has 0 radical (unpaired) electrons. The van der Waals surface area contributed by atoms with Crippen LogP contribution in [0.3, 0.4) is 0 Å². The van der Waals surface area contributed by atoms with Crippen molar-refractivity contribution in [3.05, 3.63) is 47.9 Å². The Morgan fingerprint density at radius 2 is 2.20 bits per heavy atom. The van der Waals surface area contributed by atoms with Gasteiger partial charge in [-0.15, -0.1) is 0 Å². The smallest absolute Gasteiger partial charge is 0.143 e. The quantitative estimate of drug-likeness (QED) is 0.748. The van der Waals surface area contributed by atoms with Crippen LogP contribution < -0.4 is 10.1 Å². The molecule has 1 atom stereocenters. The molecule has 2 aromatic heterocycles. The molecule has 0 unspecified atom stereocenters. The highest BCUT2D eigenvalue weighted by molar-refractivity contribution is 5.87. The highest BCUT2D eigenvalue weighted by atomic mass is 16.5. The van der Waals surface area contributed by atoms with Gasteiger partial charge < -0.3 is 15.0 Å². The van der Waals surface area contributed by atoms with Crippen LogP contribution in [0.25, 0.3) is 11.0 Å². The molecule has 3 aromatic rings. The van der Waals surface area contributed by atoms with Gasteiger partial charge in [0.05, 0.1) is 11.4 Å². The van der Waals surface area contributed by atoms with Crippen molar-refractivity contribution in [3.63, 3.8) is 0 Å². The molecule has 20 heavy (non-hydrogen) atoms. The normalized spacial score (nSPS) is 16.9. The maximum absolute atomic E-state index is 5.69. The monoisotopic (exact) mass is 266 g/mol. The Labute approximate surface area is 116 Å². The molecule has 0 bridgehead atoms. The lowest BCUT2D eigenvalue weighted by molar-refractivity contribution is 0.339. The summed E-state index contributed by atoms with van der Waals surface area (Å²) in [6, 6.07) is 10.3. The fourth-order valence-corrected chi connectivity index (χ4v) is 2.63. The number of nitrogens with one attached hydrogen (secondary N) is 2. The van der Waals surface area contributed by atoms with Crippen LogP contribution in [0.5, 0.6) is 5.75 Å². The standard InChI is InChI=1S/C15H14N4O/c1-9-6-11-14(18-9)16-8-17-15(11)19-12-7-20-13-5-3-2-4-10(12)13/h2-6,8,12H,7H2,1H3,(H2,16,17,18,19)/t12-/m0/s1. The molecule has 5 nitrogen and oxygen atoms in total. The van der Waals surface area contributed by atoms with Gasteiger partial charge in [0.25, 0.3) is 0 Å². The van der Waals surface area contributed by atoms with Gasteiger partial charge in [-0.3, -0.25) is 0 Å². The van der Waals surface area contributed by atoms with Gasteiger partial charge in [-0.05, 0) is 19.1 Å². The minimum Gasteiger partial charge on any atom is -0.491 e. The minimum atomic E-state index is 0.125. The van der Waals surface area contributed by atoms with Crippen molar-refractivity contribution in [2.45, 2.75) is 13.0 Å². The molecule has 0 spiro atoms. The number of ether oxygens (including phenoxy) is 1. The Morgan fingerprint density at radius 1 is 1.30 bits per heavy atom. The number of H-pyrrole nitrogens is 1. The number of anilines is 1.